The van der Waals surface area contributed by atoms with Crippen molar-refractivity contribution in [1.82, 2.24) is 15.1 Å². The molecule has 6 nitrogen and oxygen atoms in total. The quantitative estimate of drug-likeness (QED) is 0.773. The summed E-state index contributed by atoms with van der Waals surface area (Å²) >= 11 is 0. The lowest BCUT2D eigenvalue weighted by atomic mass is 10.2. The molecule has 140 valence electrons. The SMILES string of the molecule is COc1ccc(OCCN2CCN(C(C)C(=O)NC(C)C)CC2)cc1. The van der Waals surface area contributed by atoms with Crippen LogP contribution in [0, 0.1) is 0 Å². The maximum Gasteiger partial charge on any atom is 0.237 e. The molecule has 1 N–H and O–H groups in total. The maximum absolute atomic E-state index is 12.1. The van der Waals surface area contributed by atoms with Gasteiger partial charge in [0.05, 0.1) is 13.2 Å². The molecule has 1 aliphatic heterocycles. The Bertz CT molecular complexity index is 525. The number of nitrogens with zero attached hydrogens (tertiary/aromatic N) is 2. The molecule has 1 aromatic carbocycles. The first-order chi connectivity index (χ1) is 12.0. The zero-order valence-corrected chi connectivity index (χ0v) is 15.8. The largest absolute Gasteiger partial charge is 0.497 e. The monoisotopic (exact) mass is 349 g/mol. The summed E-state index contributed by atoms with van der Waals surface area (Å²) in [6, 6.07) is 7.76. The highest BCUT2D eigenvalue weighted by Crippen LogP contribution is 2.17. The van der Waals surface area contributed by atoms with Gasteiger partial charge in [-0.1, -0.05) is 0 Å². The van der Waals surface area contributed by atoms with Gasteiger partial charge < -0.3 is 14.8 Å². The highest BCUT2D eigenvalue weighted by Gasteiger charge is 2.25. The van der Waals surface area contributed by atoms with Crippen LogP contribution in [0.4, 0.5) is 0 Å². The molecule has 1 unspecified atom stereocenters. The fraction of sp³-hybridized carbons (Fsp3) is 0.632. The number of hydrogen-bond acceptors (Lipinski definition) is 5. The van der Waals surface area contributed by atoms with Crippen molar-refractivity contribution >= 4 is 5.91 Å². The first kappa shape index (κ1) is 19.5. The van der Waals surface area contributed by atoms with Gasteiger partial charge in [0, 0.05) is 38.8 Å². The van der Waals surface area contributed by atoms with E-state index in [1.54, 1.807) is 7.11 Å². The van der Waals surface area contributed by atoms with Crippen LogP contribution in [-0.4, -0.2) is 74.2 Å². The van der Waals surface area contributed by atoms with E-state index in [2.05, 4.69) is 15.1 Å². The Morgan fingerprint density at radius 3 is 2.24 bits per heavy atom. The predicted octanol–water partition coefficient (Wildman–Crippen LogP) is 1.60. The van der Waals surface area contributed by atoms with E-state index < -0.39 is 0 Å². The van der Waals surface area contributed by atoms with Crippen LogP contribution in [0.25, 0.3) is 0 Å². The number of amides is 1. The van der Waals surface area contributed by atoms with E-state index in [9.17, 15) is 4.79 Å². The summed E-state index contributed by atoms with van der Waals surface area (Å²) in [4.78, 5) is 16.7. The lowest BCUT2D eigenvalue weighted by Crippen LogP contribution is -2.54. The van der Waals surface area contributed by atoms with Crippen LogP contribution in [-0.2, 0) is 4.79 Å². The van der Waals surface area contributed by atoms with Gasteiger partial charge in [0.1, 0.15) is 18.1 Å². The Morgan fingerprint density at radius 1 is 1.08 bits per heavy atom. The van der Waals surface area contributed by atoms with Crippen molar-refractivity contribution in [3.63, 3.8) is 0 Å². The van der Waals surface area contributed by atoms with Crippen molar-refractivity contribution in [3.05, 3.63) is 24.3 Å². The van der Waals surface area contributed by atoms with Gasteiger partial charge in [0.25, 0.3) is 0 Å². The van der Waals surface area contributed by atoms with Crippen molar-refractivity contribution in [3.8, 4) is 11.5 Å². The summed E-state index contributed by atoms with van der Waals surface area (Å²) in [5, 5.41) is 2.99. The Labute approximate surface area is 151 Å². The minimum atomic E-state index is -0.0694. The van der Waals surface area contributed by atoms with E-state index in [-0.39, 0.29) is 18.0 Å². The molecule has 1 aliphatic rings. The lowest BCUT2D eigenvalue weighted by Gasteiger charge is -2.37. The fourth-order valence-electron chi connectivity index (χ4n) is 2.91. The third kappa shape index (κ3) is 6.21. The van der Waals surface area contributed by atoms with E-state index in [0.29, 0.717) is 6.61 Å². The van der Waals surface area contributed by atoms with Crippen LogP contribution >= 0.6 is 0 Å². The first-order valence-electron chi connectivity index (χ1n) is 9.03. The van der Waals surface area contributed by atoms with Crippen LogP contribution in [0.2, 0.25) is 0 Å². The van der Waals surface area contributed by atoms with Crippen LogP contribution in [0.3, 0.4) is 0 Å². The zero-order chi connectivity index (χ0) is 18.2. The number of rotatable bonds is 8. The van der Waals surface area contributed by atoms with Crippen molar-refractivity contribution in [2.24, 2.45) is 0 Å². The van der Waals surface area contributed by atoms with Gasteiger partial charge in [-0.15, -0.1) is 0 Å². The molecule has 1 heterocycles. The van der Waals surface area contributed by atoms with Crippen molar-refractivity contribution in [2.75, 3.05) is 46.4 Å². The van der Waals surface area contributed by atoms with Gasteiger partial charge in [0.2, 0.25) is 5.91 Å². The molecule has 25 heavy (non-hydrogen) atoms. The van der Waals surface area contributed by atoms with Gasteiger partial charge in [-0.3, -0.25) is 14.6 Å². The van der Waals surface area contributed by atoms with E-state index in [1.807, 2.05) is 45.0 Å². The summed E-state index contributed by atoms with van der Waals surface area (Å²) in [6.45, 7) is 11.3. The summed E-state index contributed by atoms with van der Waals surface area (Å²) in [5.74, 6) is 1.81. The maximum atomic E-state index is 12.1. The molecule has 0 radical (unpaired) electrons. The van der Waals surface area contributed by atoms with Crippen molar-refractivity contribution in [2.45, 2.75) is 32.9 Å². The topological polar surface area (TPSA) is 54.0 Å². The second-order valence-corrected chi connectivity index (χ2v) is 6.74. The summed E-state index contributed by atoms with van der Waals surface area (Å²) in [5.41, 5.74) is 0. The molecule has 1 aromatic rings. The normalized spacial score (nSPS) is 17.3. The summed E-state index contributed by atoms with van der Waals surface area (Å²) in [6.07, 6.45) is 0. The number of benzene rings is 1. The highest BCUT2D eigenvalue weighted by atomic mass is 16.5. The fourth-order valence-corrected chi connectivity index (χ4v) is 2.91. The molecule has 2 rings (SSSR count). The van der Waals surface area contributed by atoms with E-state index in [0.717, 1.165) is 44.2 Å². The second kappa shape index (κ2) is 9.63. The molecule has 0 saturated carbocycles. The van der Waals surface area contributed by atoms with Gasteiger partial charge in [-0.2, -0.15) is 0 Å². The number of piperazine rings is 1. The number of nitrogens with one attached hydrogen (secondary N) is 1. The Morgan fingerprint density at radius 2 is 1.68 bits per heavy atom. The van der Waals surface area contributed by atoms with E-state index in [4.69, 9.17) is 9.47 Å². The molecule has 0 bridgehead atoms. The molecule has 1 atom stereocenters. The standard InChI is InChI=1S/C19H31N3O3/c1-15(2)20-19(23)16(3)22-11-9-21(10-12-22)13-14-25-18-7-5-17(24-4)6-8-18/h5-8,15-16H,9-14H2,1-4H3,(H,20,23). The van der Waals surface area contributed by atoms with Gasteiger partial charge >= 0.3 is 0 Å². The van der Waals surface area contributed by atoms with Crippen molar-refractivity contribution in [1.29, 1.82) is 0 Å². The molecule has 0 spiro atoms. The third-order valence-corrected chi connectivity index (χ3v) is 4.50. The zero-order valence-electron chi connectivity index (χ0n) is 15.8. The van der Waals surface area contributed by atoms with E-state index >= 15 is 0 Å². The second-order valence-electron chi connectivity index (χ2n) is 6.74. The van der Waals surface area contributed by atoms with Gasteiger partial charge in [-0.25, -0.2) is 0 Å². The molecular formula is C19H31N3O3. The number of carbonyl (C=O) groups is 1. The summed E-state index contributed by atoms with van der Waals surface area (Å²) < 4.78 is 10.9. The molecule has 1 amide bonds. The smallest absolute Gasteiger partial charge is 0.237 e. The molecule has 0 aliphatic carbocycles. The van der Waals surface area contributed by atoms with Gasteiger partial charge in [0.15, 0.2) is 0 Å². The number of methoxy groups -OCH3 is 1. The highest BCUT2D eigenvalue weighted by molar-refractivity contribution is 5.81. The molecular weight excluding hydrogens is 318 g/mol. The Kier molecular flexibility index (Phi) is 7.52. The van der Waals surface area contributed by atoms with E-state index in [1.165, 1.54) is 0 Å². The Hall–Kier alpha value is -1.79. The predicted molar refractivity (Wildman–Crippen MR) is 99.2 cm³/mol. The molecule has 1 fully saturated rings. The van der Waals surface area contributed by atoms with Crippen molar-refractivity contribution < 1.29 is 14.3 Å². The lowest BCUT2D eigenvalue weighted by molar-refractivity contribution is -0.127. The number of carbonyl (C=O) groups excluding carboxylic acids is 1. The third-order valence-electron chi connectivity index (χ3n) is 4.50. The number of hydrogen-bond donors (Lipinski definition) is 1. The van der Waals surface area contributed by atoms with Crippen LogP contribution in [0.1, 0.15) is 20.8 Å². The molecule has 1 saturated heterocycles. The molecule has 0 aromatic heterocycles. The number of ether oxygens (including phenoxy) is 2. The van der Waals surface area contributed by atoms with Crippen LogP contribution < -0.4 is 14.8 Å². The van der Waals surface area contributed by atoms with Gasteiger partial charge in [-0.05, 0) is 45.0 Å². The minimum absolute atomic E-state index is 0.0694. The van der Waals surface area contributed by atoms with Crippen LogP contribution in [0.5, 0.6) is 11.5 Å². The molecule has 6 heteroatoms. The summed E-state index contributed by atoms with van der Waals surface area (Å²) in [7, 11) is 1.66. The first-order valence-corrected chi connectivity index (χ1v) is 9.03. The Balaban J connectivity index is 1.67. The average Bonchev–Trinajstić information content (AvgIpc) is 2.61. The minimum Gasteiger partial charge on any atom is -0.497 e. The average molecular weight is 349 g/mol. The van der Waals surface area contributed by atoms with Crippen LogP contribution in [0.15, 0.2) is 24.3 Å².